The summed E-state index contributed by atoms with van der Waals surface area (Å²) in [4.78, 5) is 6.73. The number of benzene rings is 1. The van der Waals surface area contributed by atoms with Crippen LogP contribution in [0.25, 0.3) is 11.5 Å². The van der Waals surface area contributed by atoms with E-state index in [1.165, 1.54) is 25.7 Å². The molecule has 2 N–H and O–H groups in total. The van der Waals surface area contributed by atoms with Crippen molar-refractivity contribution in [1.82, 2.24) is 10.1 Å². The Morgan fingerprint density at radius 2 is 1.75 bits per heavy atom. The van der Waals surface area contributed by atoms with Crippen LogP contribution in [0.4, 0.5) is 5.95 Å². The van der Waals surface area contributed by atoms with Gasteiger partial charge in [-0.05, 0) is 35.7 Å². The van der Waals surface area contributed by atoms with Crippen LogP contribution in [0.3, 0.4) is 0 Å². The molecule has 3 rings (SSSR count). The summed E-state index contributed by atoms with van der Waals surface area (Å²) in [5, 5.41) is 4.12. The lowest BCUT2D eigenvalue weighted by Gasteiger charge is -2.16. The smallest absolute Gasteiger partial charge is 0.266 e. The summed E-state index contributed by atoms with van der Waals surface area (Å²) in [5.74, 6) is 1.29. The molecule has 1 aliphatic rings. The molecule has 0 radical (unpaired) electrons. The number of rotatable bonds is 3. The van der Waals surface area contributed by atoms with Crippen LogP contribution in [0.1, 0.15) is 31.2 Å². The first kappa shape index (κ1) is 13.1. The molecule has 1 aromatic heterocycles. The summed E-state index contributed by atoms with van der Waals surface area (Å²) in [5.41, 5.74) is 7.64. The summed E-state index contributed by atoms with van der Waals surface area (Å²) < 4.78 is 5.38. The molecule has 2 aromatic rings. The van der Waals surface area contributed by atoms with E-state index in [9.17, 15) is 0 Å². The Labute approximate surface area is 118 Å². The predicted octanol–water partition coefficient (Wildman–Crippen LogP) is 2.58. The van der Waals surface area contributed by atoms with Crippen molar-refractivity contribution in [3.05, 3.63) is 29.8 Å². The molecule has 0 atom stereocenters. The molecule has 20 heavy (non-hydrogen) atoms. The maximum atomic E-state index is 5.60. The molecule has 1 saturated heterocycles. The van der Waals surface area contributed by atoms with E-state index in [1.54, 1.807) is 0 Å². The van der Waals surface area contributed by atoms with Gasteiger partial charge in [0.1, 0.15) is 0 Å². The lowest BCUT2D eigenvalue weighted by molar-refractivity contribution is 0.429. The maximum absolute atomic E-state index is 5.60. The van der Waals surface area contributed by atoms with Crippen LogP contribution in [-0.2, 0) is 6.54 Å². The molecular formula is C15H20N4O. The second-order valence-electron chi connectivity index (χ2n) is 5.20. The van der Waals surface area contributed by atoms with Crippen molar-refractivity contribution in [1.29, 1.82) is 0 Å². The Morgan fingerprint density at radius 1 is 1.05 bits per heavy atom. The van der Waals surface area contributed by atoms with E-state index in [1.807, 2.05) is 24.3 Å². The van der Waals surface area contributed by atoms with E-state index >= 15 is 0 Å². The minimum absolute atomic E-state index is 0.545. The number of anilines is 1. The maximum Gasteiger partial charge on any atom is 0.266 e. The summed E-state index contributed by atoms with van der Waals surface area (Å²) in [6, 6.07) is 7.93. The Bertz CT molecular complexity index is 541. The zero-order chi connectivity index (χ0) is 13.8. The Kier molecular flexibility index (Phi) is 3.97. The molecule has 1 aliphatic heterocycles. The second-order valence-corrected chi connectivity index (χ2v) is 5.20. The van der Waals surface area contributed by atoms with Crippen LogP contribution in [0.5, 0.6) is 0 Å². The molecule has 0 aliphatic carbocycles. The van der Waals surface area contributed by atoms with E-state index in [-0.39, 0.29) is 0 Å². The molecule has 1 aromatic carbocycles. The van der Waals surface area contributed by atoms with E-state index in [0.29, 0.717) is 18.4 Å². The highest BCUT2D eigenvalue weighted by Crippen LogP contribution is 2.22. The van der Waals surface area contributed by atoms with Gasteiger partial charge in [0.15, 0.2) is 0 Å². The summed E-state index contributed by atoms with van der Waals surface area (Å²) in [6.45, 7) is 2.58. The van der Waals surface area contributed by atoms with Crippen LogP contribution in [0.2, 0.25) is 0 Å². The van der Waals surface area contributed by atoms with Crippen molar-refractivity contribution in [2.45, 2.75) is 32.2 Å². The Balaban J connectivity index is 1.78. The van der Waals surface area contributed by atoms with Gasteiger partial charge in [-0.2, -0.15) is 4.98 Å². The van der Waals surface area contributed by atoms with Crippen LogP contribution in [0.15, 0.2) is 28.8 Å². The van der Waals surface area contributed by atoms with Gasteiger partial charge < -0.3 is 15.2 Å². The molecule has 0 amide bonds. The zero-order valence-electron chi connectivity index (χ0n) is 11.6. The molecule has 5 nitrogen and oxygen atoms in total. The third-order valence-electron chi connectivity index (χ3n) is 3.74. The SMILES string of the molecule is NCc1ccc(-c2nc(N3CCCCCC3)no2)cc1. The quantitative estimate of drug-likeness (QED) is 0.930. The lowest BCUT2D eigenvalue weighted by atomic mass is 10.1. The third-order valence-corrected chi connectivity index (χ3v) is 3.74. The topological polar surface area (TPSA) is 68.2 Å². The van der Waals surface area contributed by atoms with Gasteiger partial charge in [0.25, 0.3) is 11.8 Å². The van der Waals surface area contributed by atoms with Crippen molar-refractivity contribution in [3.8, 4) is 11.5 Å². The first-order valence-corrected chi connectivity index (χ1v) is 7.25. The first-order chi connectivity index (χ1) is 9.86. The Hall–Kier alpha value is -1.88. The average molecular weight is 272 g/mol. The van der Waals surface area contributed by atoms with Crippen LogP contribution in [-0.4, -0.2) is 23.2 Å². The third kappa shape index (κ3) is 2.82. The molecule has 106 valence electrons. The van der Waals surface area contributed by atoms with Gasteiger partial charge in [-0.25, -0.2) is 0 Å². The number of nitrogens with zero attached hydrogens (tertiary/aromatic N) is 3. The van der Waals surface area contributed by atoms with Crippen LogP contribution in [0, 0.1) is 0 Å². The highest BCUT2D eigenvalue weighted by Gasteiger charge is 2.16. The minimum atomic E-state index is 0.545. The summed E-state index contributed by atoms with van der Waals surface area (Å²) >= 11 is 0. The average Bonchev–Trinajstić information content (AvgIpc) is 2.83. The highest BCUT2D eigenvalue weighted by molar-refractivity contribution is 5.55. The number of nitrogens with two attached hydrogens (primary N) is 1. The van der Waals surface area contributed by atoms with Crippen molar-refractivity contribution >= 4 is 5.95 Å². The van der Waals surface area contributed by atoms with Crippen molar-refractivity contribution in [3.63, 3.8) is 0 Å². The van der Waals surface area contributed by atoms with Gasteiger partial charge in [-0.3, -0.25) is 0 Å². The molecule has 0 bridgehead atoms. The standard InChI is InChI=1S/C15H20N4O/c16-11-12-5-7-13(8-6-12)14-17-15(18-20-14)19-9-3-1-2-4-10-19/h5-8H,1-4,9-11,16H2. The number of aromatic nitrogens is 2. The summed E-state index contributed by atoms with van der Waals surface area (Å²) in [6.07, 6.45) is 4.99. The van der Waals surface area contributed by atoms with E-state index < -0.39 is 0 Å². The second kappa shape index (κ2) is 6.05. The molecule has 2 heterocycles. The van der Waals surface area contributed by atoms with Gasteiger partial charge in [-0.15, -0.1) is 0 Å². The van der Waals surface area contributed by atoms with Gasteiger partial charge in [-0.1, -0.05) is 25.0 Å². The Morgan fingerprint density at radius 3 is 2.40 bits per heavy atom. The zero-order valence-corrected chi connectivity index (χ0v) is 11.6. The lowest BCUT2D eigenvalue weighted by Crippen LogP contribution is -2.24. The van der Waals surface area contributed by atoms with Crippen LogP contribution >= 0.6 is 0 Å². The molecule has 0 spiro atoms. The number of hydrogen-bond acceptors (Lipinski definition) is 5. The number of hydrogen-bond donors (Lipinski definition) is 1. The van der Waals surface area contributed by atoms with Gasteiger partial charge in [0.05, 0.1) is 0 Å². The van der Waals surface area contributed by atoms with Crippen LogP contribution < -0.4 is 10.6 Å². The first-order valence-electron chi connectivity index (χ1n) is 7.25. The molecule has 0 unspecified atom stereocenters. The molecular weight excluding hydrogens is 252 g/mol. The molecule has 0 saturated carbocycles. The van der Waals surface area contributed by atoms with E-state index in [4.69, 9.17) is 10.3 Å². The van der Waals surface area contributed by atoms with E-state index in [2.05, 4.69) is 15.0 Å². The fourth-order valence-electron chi connectivity index (χ4n) is 2.52. The van der Waals surface area contributed by atoms with Gasteiger partial charge in [0, 0.05) is 25.2 Å². The predicted molar refractivity (Wildman–Crippen MR) is 78.3 cm³/mol. The highest BCUT2D eigenvalue weighted by atomic mass is 16.5. The minimum Gasteiger partial charge on any atom is -0.338 e. The van der Waals surface area contributed by atoms with Gasteiger partial charge in [0.2, 0.25) is 0 Å². The van der Waals surface area contributed by atoms with E-state index in [0.717, 1.165) is 24.2 Å². The molecule has 1 fully saturated rings. The van der Waals surface area contributed by atoms with Crippen molar-refractivity contribution in [2.75, 3.05) is 18.0 Å². The summed E-state index contributed by atoms with van der Waals surface area (Å²) in [7, 11) is 0. The normalized spacial score (nSPS) is 16.1. The monoisotopic (exact) mass is 272 g/mol. The largest absolute Gasteiger partial charge is 0.338 e. The van der Waals surface area contributed by atoms with Crippen molar-refractivity contribution in [2.24, 2.45) is 5.73 Å². The van der Waals surface area contributed by atoms with Gasteiger partial charge >= 0.3 is 0 Å². The molecule has 5 heteroatoms. The fourth-order valence-corrected chi connectivity index (χ4v) is 2.52. The van der Waals surface area contributed by atoms with Crippen molar-refractivity contribution < 1.29 is 4.52 Å². The fraction of sp³-hybridized carbons (Fsp3) is 0.467.